The first-order valence-corrected chi connectivity index (χ1v) is 6.19. The van der Waals surface area contributed by atoms with Crippen LogP contribution in [0, 0.1) is 3.57 Å². The molecular weight excluding hydrogens is 313 g/mol. The van der Waals surface area contributed by atoms with Crippen LogP contribution in [0.25, 0.3) is 10.9 Å². The molecule has 2 N–H and O–H groups in total. The van der Waals surface area contributed by atoms with E-state index in [-0.39, 0.29) is 5.41 Å². The summed E-state index contributed by atoms with van der Waals surface area (Å²) in [5.74, 6) is 1.35. The highest BCUT2D eigenvalue weighted by atomic mass is 127. The van der Waals surface area contributed by atoms with Crippen LogP contribution in [0.4, 0.5) is 5.82 Å². The molecular formula is C12H14IN3. The zero-order valence-corrected chi connectivity index (χ0v) is 11.7. The Hall–Kier alpha value is -0.910. The van der Waals surface area contributed by atoms with Crippen molar-refractivity contribution in [2.75, 3.05) is 5.73 Å². The van der Waals surface area contributed by atoms with Gasteiger partial charge in [-0.3, -0.25) is 0 Å². The molecule has 84 valence electrons. The first-order valence-electron chi connectivity index (χ1n) is 5.11. The normalized spacial score (nSPS) is 12.0. The molecule has 1 heterocycles. The highest BCUT2D eigenvalue weighted by molar-refractivity contribution is 14.1. The molecule has 2 aromatic rings. The minimum absolute atomic E-state index is 0.0798. The third-order valence-electron chi connectivity index (χ3n) is 2.36. The fourth-order valence-corrected chi connectivity index (χ4v) is 1.94. The molecule has 0 unspecified atom stereocenters. The van der Waals surface area contributed by atoms with Gasteiger partial charge in [0.25, 0.3) is 0 Å². The van der Waals surface area contributed by atoms with Crippen molar-refractivity contribution >= 4 is 39.3 Å². The molecule has 0 aliphatic rings. The molecule has 1 aromatic carbocycles. The van der Waals surface area contributed by atoms with Gasteiger partial charge in [0, 0.05) is 14.4 Å². The van der Waals surface area contributed by atoms with Gasteiger partial charge in [-0.15, -0.1) is 0 Å². The summed E-state index contributed by atoms with van der Waals surface area (Å²) in [4.78, 5) is 8.94. The molecule has 16 heavy (non-hydrogen) atoms. The fraction of sp³-hybridized carbons (Fsp3) is 0.333. The predicted molar refractivity (Wildman–Crippen MR) is 75.4 cm³/mol. The Balaban J connectivity index is 2.75. The zero-order chi connectivity index (χ0) is 11.9. The quantitative estimate of drug-likeness (QED) is 0.757. The van der Waals surface area contributed by atoms with Crippen molar-refractivity contribution in [1.29, 1.82) is 0 Å². The van der Waals surface area contributed by atoms with Crippen molar-refractivity contribution < 1.29 is 0 Å². The van der Waals surface area contributed by atoms with E-state index < -0.39 is 0 Å². The van der Waals surface area contributed by atoms with E-state index in [4.69, 9.17) is 5.73 Å². The van der Waals surface area contributed by atoms with E-state index in [1.807, 2.05) is 18.2 Å². The molecule has 0 aliphatic heterocycles. The number of nitrogens with zero attached hydrogens (tertiary/aromatic N) is 2. The van der Waals surface area contributed by atoms with E-state index in [0.717, 1.165) is 20.3 Å². The number of nitrogen functional groups attached to an aromatic ring is 1. The maximum absolute atomic E-state index is 5.95. The van der Waals surface area contributed by atoms with Gasteiger partial charge in [0.2, 0.25) is 0 Å². The molecule has 0 amide bonds. The van der Waals surface area contributed by atoms with Gasteiger partial charge in [-0.05, 0) is 40.8 Å². The Morgan fingerprint density at radius 3 is 2.50 bits per heavy atom. The zero-order valence-electron chi connectivity index (χ0n) is 9.58. The Labute approximate surface area is 109 Å². The SMILES string of the molecule is CC(C)(C)c1nc(N)c2ccc(I)cc2n1. The van der Waals surface area contributed by atoms with Gasteiger partial charge in [-0.1, -0.05) is 20.8 Å². The molecule has 4 heteroatoms. The first kappa shape index (κ1) is 11.6. The average molecular weight is 327 g/mol. The number of nitrogens with two attached hydrogens (primary N) is 1. The summed E-state index contributed by atoms with van der Waals surface area (Å²) < 4.78 is 1.16. The van der Waals surface area contributed by atoms with Gasteiger partial charge in [0.15, 0.2) is 0 Å². The number of rotatable bonds is 0. The van der Waals surface area contributed by atoms with Crippen molar-refractivity contribution in [1.82, 2.24) is 9.97 Å². The second-order valence-electron chi connectivity index (χ2n) is 4.84. The Morgan fingerprint density at radius 1 is 1.19 bits per heavy atom. The lowest BCUT2D eigenvalue weighted by atomic mass is 9.95. The molecule has 0 bridgehead atoms. The molecule has 2 rings (SSSR count). The number of hydrogen-bond donors (Lipinski definition) is 1. The first-order chi connectivity index (χ1) is 7.38. The smallest absolute Gasteiger partial charge is 0.136 e. The van der Waals surface area contributed by atoms with Crippen LogP contribution in [0.15, 0.2) is 18.2 Å². The number of hydrogen-bond acceptors (Lipinski definition) is 3. The van der Waals surface area contributed by atoms with Crippen LogP contribution < -0.4 is 5.73 Å². The number of anilines is 1. The van der Waals surface area contributed by atoms with Crippen LogP contribution >= 0.6 is 22.6 Å². The highest BCUT2D eigenvalue weighted by Crippen LogP contribution is 2.25. The summed E-state index contributed by atoms with van der Waals surface area (Å²) in [5.41, 5.74) is 6.79. The number of aromatic nitrogens is 2. The van der Waals surface area contributed by atoms with E-state index in [9.17, 15) is 0 Å². The van der Waals surface area contributed by atoms with Crippen molar-refractivity contribution in [3.05, 3.63) is 27.6 Å². The molecule has 0 radical (unpaired) electrons. The van der Waals surface area contributed by atoms with Gasteiger partial charge >= 0.3 is 0 Å². The van der Waals surface area contributed by atoms with Crippen LogP contribution in [0.5, 0.6) is 0 Å². The van der Waals surface area contributed by atoms with Crippen LogP contribution in [0.1, 0.15) is 26.6 Å². The van der Waals surface area contributed by atoms with Gasteiger partial charge in [0.1, 0.15) is 11.6 Å². The summed E-state index contributed by atoms with van der Waals surface area (Å²) in [7, 11) is 0. The fourth-order valence-electron chi connectivity index (χ4n) is 1.46. The van der Waals surface area contributed by atoms with Crippen LogP contribution in [0.3, 0.4) is 0 Å². The second kappa shape index (κ2) is 3.84. The summed E-state index contributed by atoms with van der Waals surface area (Å²) in [6.07, 6.45) is 0. The van der Waals surface area contributed by atoms with E-state index in [2.05, 4.69) is 53.3 Å². The van der Waals surface area contributed by atoms with Crippen molar-refractivity contribution in [3.63, 3.8) is 0 Å². The lowest BCUT2D eigenvalue weighted by Gasteiger charge is -2.17. The molecule has 0 saturated heterocycles. The second-order valence-corrected chi connectivity index (χ2v) is 6.09. The molecule has 0 saturated carbocycles. The molecule has 0 aliphatic carbocycles. The van der Waals surface area contributed by atoms with Crippen molar-refractivity contribution in [2.45, 2.75) is 26.2 Å². The standard InChI is InChI=1S/C12H14IN3/c1-12(2,3)11-15-9-6-7(13)4-5-8(9)10(14)16-11/h4-6H,1-3H3,(H2,14,15,16). The summed E-state index contributed by atoms with van der Waals surface area (Å²) >= 11 is 2.27. The van der Waals surface area contributed by atoms with Crippen LogP contribution in [0.2, 0.25) is 0 Å². The van der Waals surface area contributed by atoms with Gasteiger partial charge in [0.05, 0.1) is 5.52 Å². The van der Waals surface area contributed by atoms with Gasteiger partial charge in [-0.25, -0.2) is 9.97 Å². The summed E-state index contributed by atoms with van der Waals surface area (Å²) in [5, 5.41) is 0.924. The number of benzene rings is 1. The van der Waals surface area contributed by atoms with E-state index in [1.54, 1.807) is 0 Å². The largest absolute Gasteiger partial charge is 0.383 e. The maximum Gasteiger partial charge on any atom is 0.136 e. The topological polar surface area (TPSA) is 51.8 Å². The number of halogens is 1. The van der Waals surface area contributed by atoms with Crippen molar-refractivity contribution in [2.24, 2.45) is 0 Å². The Kier molecular flexibility index (Phi) is 2.77. The van der Waals surface area contributed by atoms with E-state index >= 15 is 0 Å². The monoisotopic (exact) mass is 327 g/mol. The van der Waals surface area contributed by atoms with Gasteiger partial charge < -0.3 is 5.73 Å². The maximum atomic E-state index is 5.95. The van der Waals surface area contributed by atoms with E-state index in [1.165, 1.54) is 0 Å². The third-order valence-corrected chi connectivity index (χ3v) is 3.03. The van der Waals surface area contributed by atoms with Crippen LogP contribution in [-0.4, -0.2) is 9.97 Å². The van der Waals surface area contributed by atoms with E-state index in [0.29, 0.717) is 5.82 Å². The Bertz CT molecular complexity index is 544. The minimum Gasteiger partial charge on any atom is -0.383 e. The molecule has 0 atom stereocenters. The lowest BCUT2D eigenvalue weighted by molar-refractivity contribution is 0.549. The lowest BCUT2D eigenvalue weighted by Crippen LogP contribution is -2.17. The molecule has 3 nitrogen and oxygen atoms in total. The van der Waals surface area contributed by atoms with Crippen molar-refractivity contribution in [3.8, 4) is 0 Å². The predicted octanol–water partition coefficient (Wildman–Crippen LogP) is 3.11. The minimum atomic E-state index is -0.0798. The van der Waals surface area contributed by atoms with Gasteiger partial charge in [-0.2, -0.15) is 0 Å². The summed E-state index contributed by atoms with van der Waals surface area (Å²) in [6.45, 7) is 6.25. The molecule has 0 fully saturated rings. The number of fused-ring (bicyclic) bond motifs is 1. The molecule has 0 spiro atoms. The average Bonchev–Trinajstić information content (AvgIpc) is 2.15. The summed E-state index contributed by atoms with van der Waals surface area (Å²) in [6, 6.07) is 6.02. The van der Waals surface area contributed by atoms with Crippen LogP contribution in [-0.2, 0) is 5.41 Å². The highest BCUT2D eigenvalue weighted by Gasteiger charge is 2.18. The molecule has 1 aromatic heterocycles. The third kappa shape index (κ3) is 2.11. The Morgan fingerprint density at radius 2 is 1.88 bits per heavy atom.